The second kappa shape index (κ2) is 8.08. The monoisotopic (exact) mass is 318 g/mol. The normalized spacial score (nSPS) is 24.7. The number of esters is 1. The Kier molecular flexibility index (Phi) is 6.13. The molecule has 1 aliphatic rings. The van der Waals surface area contributed by atoms with E-state index in [0.717, 1.165) is 24.2 Å². The first-order chi connectivity index (χ1) is 10.6. The number of ether oxygens (including phenoxy) is 2. The van der Waals surface area contributed by atoms with E-state index in [1.165, 1.54) is 0 Å². The Morgan fingerprint density at radius 3 is 2.41 bits per heavy atom. The smallest absolute Gasteiger partial charge is 0.334 e. The summed E-state index contributed by atoms with van der Waals surface area (Å²) in [4.78, 5) is 12.2. The number of carbonyl (C=O) groups excluding carboxylic acids is 1. The summed E-state index contributed by atoms with van der Waals surface area (Å²) in [5.41, 5.74) is 1.50. The van der Waals surface area contributed by atoms with Crippen LogP contribution in [0.1, 0.15) is 30.6 Å². The van der Waals surface area contributed by atoms with Crippen LogP contribution >= 0.6 is 11.8 Å². The van der Waals surface area contributed by atoms with Crippen molar-refractivity contribution in [2.45, 2.75) is 30.3 Å². The summed E-state index contributed by atoms with van der Waals surface area (Å²) in [5, 5.41) is -0.0994. The first-order valence-corrected chi connectivity index (χ1v) is 8.42. The van der Waals surface area contributed by atoms with Gasteiger partial charge in [-0.05, 0) is 25.3 Å². The van der Waals surface area contributed by atoms with Crippen molar-refractivity contribution in [3.8, 4) is 0 Å². The zero-order chi connectivity index (χ0) is 15.9. The van der Waals surface area contributed by atoms with E-state index >= 15 is 0 Å². The van der Waals surface area contributed by atoms with Gasteiger partial charge in [0.2, 0.25) is 0 Å². The lowest BCUT2D eigenvalue weighted by atomic mass is 10.1. The molecule has 1 aromatic carbocycles. The highest BCUT2D eigenvalue weighted by Gasteiger charge is 2.26. The molecule has 0 N–H and O–H groups in total. The third-order valence-electron chi connectivity index (χ3n) is 3.53. The SMILES string of the molecule is C=C1OCCCCOC(=O)C(=C)C(c2ccccc2)SC1C. The lowest BCUT2D eigenvalue weighted by Gasteiger charge is -2.24. The number of carbonyl (C=O) groups is 1. The van der Waals surface area contributed by atoms with Crippen molar-refractivity contribution in [2.24, 2.45) is 0 Å². The van der Waals surface area contributed by atoms with Gasteiger partial charge in [-0.1, -0.05) is 43.5 Å². The molecular formula is C18H22O3S. The highest BCUT2D eigenvalue weighted by Crippen LogP contribution is 2.40. The van der Waals surface area contributed by atoms with Gasteiger partial charge in [-0.15, -0.1) is 11.8 Å². The van der Waals surface area contributed by atoms with Gasteiger partial charge in [-0.3, -0.25) is 0 Å². The molecule has 3 nitrogen and oxygen atoms in total. The highest BCUT2D eigenvalue weighted by atomic mass is 32.2. The fourth-order valence-electron chi connectivity index (χ4n) is 2.16. The molecular weight excluding hydrogens is 296 g/mol. The number of benzene rings is 1. The van der Waals surface area contributed by atoms with E-state index in [9.17, 15) is 4.79 Å². The summed E-state index contributed by atoms with van der Waals surface area (Å²) in [7, 11) is 0. The zero-order valence-corrected chi connectivity index (χ0v) is 13.7. The van der Waals surface area contributed by atoms with Crippen LogP contribution in [0.5, 0.6) is 0 Å². The minimum Gasteiger partial charge on any atom is -0.497 e. The average molecular weight is 318 g/mol. The summed E-state index contributed by atoms with van der Waals surface area (Å²) < 4.78 is 11.0. The summed E-state index contributed by atoms with van der Waals surface area (Å²) in [6, 6.07) is 9.87. The van der Waals surface area contributed by atoms with Crippen molar-refractivity contribution in [3.63, 3.8) is 0 Å². The molecule has 2 rings (SSSR count). The second-order valence-corrected chi connectivity index (χ2v) is 6.70. The Labute approximate surface area is 136 Å². The minimum atomic E-state index is -0.319. The van der Waals surface area contributed by atoms with Gasteiger partial charge in [0, 0.05) is 5.57 Å². The maximum Gasteiger partial charge on any atom is 0.334 e. The number of thioether (sulfide) groups is 1. The molecule has 1 aliphatic heterocycles. The van der Waals surface area contributed by atoms with Crippen molar-refractivity contribution in [1.82, 2.24) is 0 Å². The van der Waals surface area contributed by atoms with Crippen molar-refractivity contribution in [1.29, 1.82) is 0 Å². The lowest BCUT2D eigenvalue weighted by Crippen LogP contribution is -2.17. The number of hydrogen-bond donors (Lipinski definition) is 0. The van der Waals surface area contributed by atoms with E-state index in [0.29, 0.717) is 18.8 Å². The zero-order valence-electron chi connectivity index (χ0n) is 12.9. The molecule has 1 fully saturated rings. The van der Waals surface area contributed by atoms with E-state index in [1.807, 2.05) is 37.3 Å². The van der Waals surface area contributed by atoms with E-state index in [2.05, 4.69) is 13.2 Å². The van der Waals surface area contributed by atoms with E-state index in [1.54, 1.807) is 11.8 Å². The molecule has 1 saturated heterocycles. The molecule has 0 aromatic heterocycles. The summed E-state index contributed by atoms with van der Waals surface area (Å²) in [6.07, 6.45) is 1.63. The van der Waals surface area contributed by atoms with Gasteiger partial charge in [-0.25, -0.2) is 4.79 Å². The molecule has 22 heavy (non-hydrogen) atoms. The maximum atomic E-state index is 12.2. The van der Waals surface area contributed by atoms with Gasteiger partial charge < -0.3 is 9.47 Å². The Morgan fingerprint density at radius 1 is 1.09 bits per heavy atom. The molecule has 0 spiro atoms. The molecule has 2 unspecified atom stereocenters. The van der Waals surface area contributed by atoms with Gasteiger partial charge in [0.25, 0.3) is 0 Å². The molecule has 1 heterocycles. The first kappa shape index (κ1) is 16.7. The van der Waals surface area contributed by atoms with Gasteiger partial charge in [0.05, 0.1) is 23.7 Å². The Balaban J connectivity index is 2.25. The van der Waals surface area contributed by atoms with E-state index in [-0.39, 0.29) is 16.5 Å². The lowest BCUT2D eigenvalue weighted by molar-refractivity contribution is -0.139. The third kappa shape index (κ3) is 4.41. The molecule has 0 aliphatic carbocycles. The summed E-state index contributed by atoms with van der Waals surface area (Å²) in [5.74, 6) is 0.424. The number of hydrogen-bond acceptors (Lipinski definition) is 4. The van der Waals surface area contributed by atoms with Crippen LogP contribution in [0.2, 0.25) is 0 Å². The van der Waals surface area contributed by atoms with Crippen LogP contribution < -0.4 is 0 Å². The molecule has 4 heteroatoms. The number of rotatable bonds is 1. The van der Waals surface area contributed by atoms with Crippen LogP contribution in [-0.2, 0) is 14.3 Å². The standard InChI is InChI=1S/C18H22O3S/c1-13-17(16-9-5-4-6-10-16)22-15(3)14(2)20-11-7-8-12-21-18(13)19/h4-6,9-10,15,17H,1-2,7-8,11-12H2,3H3. The van der Waals surface area contributed by atoms with Crippen LogP contribution in [0.25, 0.3) is 0 Å². The van der Waals surface area contributed by atoms with Gasteiger partial charge in [-0.2, -0.15) is 0 Å². The van der Waals surface area contributed by atoms with Crippen LogP contribution in [0.15, 0.2) is 54.8 Å². The first-order valence-electron chi connectivity index (χ1n) is 7.47. The highest BCUT2D eigenvalue weighted by molar-refractivity contribution is 8.00. The summed E-state index contributed by atoms with van der Waals surface area (Å²) in [6.45, 7) is 11.0. The average Bonchev–Trinajstić information content (AvgIpc) is 2.54. The van der Waals surface area contributed by atoms with Crippen molar-refractivity contribution in [3.05, 3.63) is 60.4 Å². The fourth-order valence-corrected chi connectivity index (χ4v) is 3.36. The van der Waals surface area contributed by atoms with Crippen LogP contribution in [0.4, 0.5) is 0 Å². The molecule has 0 radical (unpaired) electrons. The van der Waals surface area contributed by atoms with Gasteiger partial charge in [0.1, 0.15) is 5.76 Å². The Morgan fingerprint density at radius 2 is 1.73 bits per heavy atom. The molecule has 118 valence electrons. The predicted molar refractivity (Wildman–Crippen MR) is 90.7 cm³/mol. The molecule has 0 amide bonds. The minimum absolute atomic E-state index is 0.0641. The molecule has 0 saturated carbocycles. The maximum absolute atomic E-state index is 12.2. The third-order valence-corrected chi connectivity index (χ3v) is 5.03. The van der Waals surface area contributed by atoms with Crippen molar-refractivity contribution >= 4 is 17.7 Å². The number of cyclic esters (lactones) is 1. The molecule has 2 atom stereocenters. The van der Waals surface area contributed by atoms with Crippen LogP contribution in [0.3, 0.4) is 0 Å². The quantitative estimate of drug-likeness (QED) is 0.572. The van der Waals surface area contributed by atoms with Gasteiger partial charge >= 0.3 is 5.97 Å². The fraction of sp³-hybridized carbons (Fsp3) is 0.389. The Bertz CT molecular complexity index is 539. The predicted octanol–water partition coefficient (Wildman–Crippen LogP) is 4.27. The van der Waals surface area contributed by atoms with Crippen molar-refractivity contribution in [2.75, 3.05) is 13.2 Å². The molecule has 0 bridgehead atoms. The van der Waals surface area contributed by atoms with Crippen LogP contribution in [-0.4, -0.2) is 24.4 Å². The topological polar surface area (TPSA) is 35.5 Å². The summed E-state index contributed by atoms with van der Waals surface area (Å²) >= 11 is 1.61. The van der Waals surface area contributed by atoms with Crippen LogP contribution in [0, 0.1) is 0 Å². The van der Waals surface area contributed by atoms with Gasteiger partial charge in [0.15, 0.2) is 0 Å². The van der Waals surface area contributed by atoms with Crippen molar-refractivity contribution < 1.29 is 14.3 Å². The second-order valence-electron chi connectivity index (χ2n) is 5.25. The largest absolute Gasteiger partial charge is 0.497 e. The molecule has 1 aromatic rings. The van der Waals surface area contributed by atoms with E-state index in [4.69, 9.17) is 9.47 Å². The van der Waals surface area contributed by atoms with E-state index < -0.39 is 0 Å². The Hall–Kier alpha value is -1.68.